The molecule has 0 aliphatic heterocycles. The van der Waals surface area contributed by atoms with Crippen LogP contribution in [0.5, 0.6) is 0 Å². The summed E-state index contributed by atoms with van der Waals surface area (Å²) < 4.78 is 0. The molecule has 0 heterocycles. The minimum absolute atomic E-state index is 0.257. The van der Waals surface area contributed by atoms with Gasteiger partial charge in [0.25, 0.3) is 0 Å². The number of carbonyl (C=O) groups excluding carboxylic acids is 1. The average molecular weight is 211 g/mol. The van der Waals surface area contributed by atoms with Crippen molar-refractivity contribution in [2.45, 2.75) is 45.4 Å². The molecule has 1 amide bonds. The molecule has 0 rings (SSSR count). The second-order valence-corrected chi connectivity index (χ2v) is 4.37. The van der Waals surface area contributed by atoms with E-state index in [0.717, 1.165) is 25.7 Å². The van der Waals surface area contributed by atoms with Gasteiger partial charge in [0.2, 0.25) is 5.91 Å². The van der Waals surface area contributed by atoms with Gasteiger partial charge in [-0.3, -0.25) is 4.79 Å². The van der Waals surface area contributed by atoms with Crippen LogP contribution >= 0.6 is 0 Å². The van der Waals surface area contributed by atoms with E-state index < -0.39 is 0 Å². The summed E-state index contributed by atoms with van der Waals surface area (Å²) in [6.45, 7) is 5.90. The lowest BCUT2D eigenvalue weighted by Gasteiger charge is -2.18. The third kappa shape index (κ3) is 7.18. The van der Waals surface area contributed by atoms with E-state index in [0.29, 0.717) is 12.3 Å². The molecule has 0 aromatic rings. The van der Waals surface area contributed by atoms with Crippen LogP contribution in [-0.4, -0.2) is 24.9 Å². The standard InChI is InChI=1S/C13H25NO/c1-5-7-8-10-12(9-6-2)11-13(15)14(3)4/h5,12H,1,6-11H2,2-4H3/t12-/m0/s1. The molecule has 0 saturated carbocycles. The Morgan fingerprint density at radius 1 is 1.40 bits per heavy atom. The van der Waals surface area contributed by atoms with Crippen LogP contribution < -0.4 is 0 Å². The molecule has 1 atom stereocenters. The number of rotatable bonds is 8. The highest BCUT2D eigenvalue weighted by atomic mass is 16.2. The molecular formula is C13H25NO. The van der Waals surface area contributed by atoms with Crippen molar-refractivity contribution in [1.82, 2.24) is 4.90 Å². The predicted molar refractivity (Wildman–Crippen MR) is 65.8 cm³/mol. The van der Waals surface area contributed by atoms with Crippen molar-refractivity contribution in [3.05, 3.63) is 12.7 Å². The molecule has 2 heteroatoms. The van der Waals surface area contributed by atoms with Crippen molar-refractivity contribution < 1.29 is 4.79 Å². The van der Waals surface area contributed by atoms with Gasteiger partial charge in [-0.15, -0.1) is 6.58 Å². The highest BCUT2D eigenvalue weighted by Crippen LogP contribution is 2.19. The molecule has 0 saturated heterocycles. The van der Waals surface area contributed by atoms with Gasteiger partial charge in [-0.2, -0.15) is 0 Å². The summed E-state index contributed by atoms with van der Waals surface area (Å²) in [6.07, 6.45) is 8.37. The van der Waals surface area contributed by atoms with E-state index in [9.17, 15) is 4.79 Å². The molecule has 0 unspecified atom stereocenters. The number of unbranched alkanes of at least 4 members (excludes halogenated alkanes) is 1. The fourth-order valence-corrected chi connectivity index (χ4v) is 1.74. The van der Waals surface area contributed by atoms with Crippen LogP contribution in [0.15, 0.2) is 12.7 Å². The minimum atomic E-state index is 0.257. The second-order valence-electron chi connectivity index (χ2n) is 4.37. The first-order chi connectivity index (χ1) is 7.11. The Morgan fingerprint density at radius 2 is 2.07 bits per heavy atom. The number of allylic oxidation sites excluding steroid dienone is 1. The van der Waals surface area contributed by atoms with Crippen LogP contribution in [0.4, 0.5) is 0 Å². The quantitative estimate of drug-likeness (QED) is 0.446. The van der Waals surface area contributed by atoms with Crippen molar-refractivity contribution in [1.29, 1.82) is 0 Å². The molecule has 0 aliphatic rings. The fraction of sp³-hybridized carbons (Fsp3) is 0.769. The third-order valence-electron chi connectivity index (χ3n) is 2.68. The first-order valence-electron chi connectivity index (χ1n) is 5.92. The molecule has 0 N–H and O–H groups in total. The summed E-state index contributed by atoms with van der Waals surface area (Å²) in [6, 6.07) is 0. The molecule has 2 nitrogen and oxygen atoms in total. The monoisotopic (exact) mass is 211 g/mol. The van der Waals surface area contributed by atoms with Crippen molar-refractivity contribution >= 4 is 5.91 Å². The van der Waals surface area contributed by atoms with E-state index in [1.165, 1.54) is 6.42 Å². The molecule has 0 aliphatic carbocycles. The maximum absolute atomic E-state index is 11.6. The van der Waals surface area contributed by atoms with Gasteiger partial charge in [0.15, 0.2) is 0 Å². The maximum atomic E-state index is 11.6. The lowest BCUT2D eigenvalue weighted by atomic mass is 9.93. The van der Waals surface area contributed by atoms with E-state index in [4.69, 9.17) is 0 Å². The molecule has 0 aromatic carbocycles. The van der Waals surface area contributed by atoms with E-state index >= 15 is 0 Å². The number of hydrogen-bond donors (Lipinski definition) is 0. The zero-order valence-electron chi connectivity index (χ0n) is 10.5. The molecule has 0 fully saturated rings. The number of hydrogen-bond acceptors (Lipinski definition) is 1. The molecular weight excluding hydrogens is 186 g/mol. The summed E-state index contributed by atoms with van der Waals surface area (Å²) >= 11 is 0. The SMILES string of the molecule is C=CCCC[C@H](CCC)CC(=O)N(C)C. The molecule has 15 heavy (non-hydrogen) atoms. The van der Waals surface area contributed by atoms with Gasteiger partial charge in [-0.1, -0.05) is 25.8 Å². The summed E-state index contributed by atoms with van der Waals surface area (Å²) in [5.41, 5.74) is 0. The summed E-state index contributed by atoms with van der Waals surface area (Å²) in [7, 11) is 3.66. The smallest absolute Gasteiger partial charge is 0.222 e. The Kier molecular flexibility index (Phi) is 8.06. The number of amides is 1. The molecule has 0 bridgehead atoms. The predicted octanol–water partition coefficient (Wildman–Crippen LogP) is 3.24. The van der Waals surface area contributed by atoms with E-state index in [-0.39, 0.29) is 5.91 Å². The highest BCUT2D eigenvalue weighted by molar-refractivity contribution is 5.75. The fourth-order valence-electron chi connectivity index (χ4n) is 1.74. The van der Waals surface area contributed by atoms with E-state index in [2.05, 4.69) is 13.5 Å². The van der Waals surface area contributed by atoms with Gasteiger partial charge in [-0.25, -0.2) is 0 Å². The topological polar surface area (TPSA) is 20.3 Å². The number of nitrogens with zero attached hydrogens (tertiary/aromatic N) is 1. The van der Waals surface area contributed by atoms with Gasteiger partial charge in [-0.05, 0) is 25.2 Å². The number of carbonyl (C=O) groups is 1. The van der Waals surface area contributed by atoms with Crippen molar-refractivity contribution in [2.75, 3.05) is 14.1 Å². The van der Waals surface area contributed by atoms with E-state index in [1.54, 1.807) is 4.90 Å². The molecule has 0 spiro atoms. The van der Waals surface area contributed by atoms with Crippen molar-refractivity contribution in [3.63, 3.8) is 0 Å². The highest BCUT2D eigenvalue weighted by Gasteiger charge is 2.13. The van der Waals surface area contributed by atoms with Crippen LogP contribution in [0, 0.1) is 5.92 Å². The first-order valence-corrected chi connectivity index (χ1v) is 5.92. The summed E-state index contributed by atoms with van der Waals surface area (Å²) in [5, 5.41) is 0. The zero-order valence-corrected chi connectivity index (χ0v) is 10.5. The minimum Gasteiger partial charge on any atom is -0.349 e. The summed E-state index contributed by atoms with van der Waals surface area (Å²) in [5.74, 6) is 0.817. The normalized spacial score (nSPS) is 12.2. The lowest BCUT2D eigenvalue weighted by molar-refractivity contribution is -0.129. The Labute approximate surface area is 94.4 Å². The Bertz CT molecular complexity index is 187. The van der Waals surface area contributed by atoms with Crippen molar-refractivity contribution in [3.8, 4) is 0 Å². The molecule has 0 aromatic heterocycles. The summed E-state index contributed by atoms with van der Waals surface area (Å²) in [4.78, 5) is 13.3. The van der Waals surface area contributed by atoms with Gasteiger partial charge >= 0.3 is 0 Å². The average Bonchev–Trinajstić information content (AvgIpc) is 2.18. The van der Waals surface area contributed by atoms with Crippen LogP contribution in [0.3, 0.4) is 0 Å². The Hall–Kier alpha value is -0.790. The van der Waals surface area contributed by atoms with Gasteiger partial charge in [0.05, 0.1) is 0 Å². The van der Waals surface area contributed by atoms with Crippen LogP contribution in [0.2, 0.25) is 0 Å². The third-order valence-corrected chi connectivity index (χ3v) is 2.68. The molecule has 88 valence electrons. The van der Waals surface area contributed by atoms with Crippen molar-refractivity contribution in [2.24, 2.45) is 5.92 Å². The lowest BCUT2D eigenvalue weighted by Crippen LogP contribution is -2.24. The zero-order chi connectivity index (χ0) is 11.7. The van der Waals surface area contributed by atoms with Crippen LogP contribution in [0.25, 0.3) is 0 Å². The molecule has 0 radical (unpaired) electrons. The van der Waals surface area contributed by atoms with Gasteiger partial charge in [0.1, 0.15) is 0 Å². The first kappa shape index (κ1) is 14.2. The Balaban J connectivity index is 3.91. The van der Waals surface area contributed by atoms with Gasteiger partial charge in [0, 0.05) is 20.5 Å². The van der Waals surface area contributed by atoms with Crippen LogP contribution in [-0.2, 0) is 4.79 Å². The Morgan fingerprint density at radius 3 is 2.53 bits per heavy atom. The van der Waals surface area contributed by atoms with Gasteiger partial charge < -0.3 is 4.90 Å². The maximum Gasteiger partial charge on any atom is 0.222 e. The van der Waals surface area contributed by atoms with Crippen LogP contribution in [0.1, 0.15) is 45.4 Å². The van der Waals surface area contributed by atoms with E-state index in [1.807, 2.05) is 20.2 Å². The second kappa shape index (κ2) is 8.51. The largest absolute Gasteiger partial charge is 0.349 e.